The van der Waals surface area contributed by atoms with Crippen molar-refractivity contribution in [3.8, 4) is 11.5 Å². The lowest BCUT2D eigenvalue weighted by molar-refractivity contribution is -0.136. The molecule has 0 fully saturated rings. The molecule has 0 unspecified atom stereocenters. The van der Waals surface area contributed by atoms with Gasteiger partial charge in [-0.05, 0) is 30.0 Å². The summed E-state index contributed by atoms with van der Waals surface area (Å²) in [4.78, 5) is 11.7. The van der Waals surface area contributed by atoms with Crippen LogP contribution in [0.5, 0.6) is 11.5 Å². The molecule has 0 aliphatic carbocycles. The van der Waals surface area contributed by atoms with E-state index in [1.165, 1.54) is 0 Å². The number of rotatable bonds is 3. The number of ether oxygens (including phenoxy) is 2. The van der Waals surface area contributed by atoms with E-state index in [0.29, 0.717) is 17.9 Å². The van der Waals surface area contributed by atoms with E-state index in [9.17, 15) is 4.79 Å². The summed E-state index contributed by atoms with van der Waals surface area (Å²) in [7, 11) is 1.57. The summed E-state index contributed by atoms with van der Waals surface area (Å²) in [5, 5.41) is 0. The summed E-state index contributed by atoms with van der Waals surface area (Å²) in [6.07, 6.45) is 0.379. The standard InChI is InChI=1S/C14H20O3/c1-10-6-7-11(12(8-10)16-5)17-13(15)9-14(2,3)4/h6-8H,9H2,1-5H3. The van der Waals surface area contributed by atoms with Crippen molar-refractivity contribution >= 4 is 5.97 Å². The fourth-order valence-corrected chi connectivity index (χ4v) is 1.45. The lowest BCUT2D eigenvalue weighted by atomic mass is 9.92. The van der Waals surface area contributed by atoms with Gasteiger partial charge in [-0.15, -0.1) is 0 Å². The topological polar surface area (TPSA) is 35.5 Å². The average molecular weight is 236 g/mol. The molecule has 3 heteroatoms. The van der Waals surface area contributed by atoms with Crippen molar-refractivity contribution in [3.05, 3.63) is 23.8 Å². The zero-order valence-electron chi connectivity index (χ0n) is 11.2. The Morgan fingerprint density at radius 2 is 1.88 bits per heavy atom. The van der Waals surface area contributed by atoms with Crippen molar-refractivity contribution in [1.82, 2.24) is 0 Å². The second-order valence-corrected chi connectivity index (χ2v) is 5.37. The first-order valence-electron chi connectivity index (χ1n) is 5.67. The van der Waals surface area contributed by atoms with Gasteiger partial charge in [-0.25, -0.2) is 0 Å². The maximum absolute atomic E-state index is 11.7. The van der Waals surface area contributed by atoms with Crippen LogP contribution in [0.15, 0.2) is 18.2 Å². The minimum atomic E-state index is -0.236. The summed E-state index contributed by atoms with van der Waals surface area (Å²) in [5.74, 6) is 0.833. The van der Waals surface area contributed by atoms with Gasteiger partial charge in [0.15, 0.2) is 11.5 Å². The van der Waals surface area contributed by atoms with E-state index in [2.05, 4.69) is 0 Å². The van der Waals surface area contributed by atoms with Crippen molar-refractivity contribution in [1.29, 1.82) is 0 Å². The number of hydrogen-bond acceptors (Lipinski definition) is 3. The molecule has 1 rings (SSSR count). The number of hydrogen-bond donors (Lipinski definition) is 0. The van der Waals surface area contributed by atoms with Crippen LogP contribution in [-0.4, -0.2) is 13.1 Å². The molecule has 1 aromatic carbocycles. The molecule has 0 N–H and O–H groups in total. The van der Waals surface area contributed by atoms with Crippen molar-refractivity contribution in [2.75, 3.05) is 7.11 Å². The highest BCUT2D eigenvalue weighted by Crippen LogP contribution is 2.29. The number of carbonyl (C=O) groups is 1. The Morgan fingerprint density at radius 3 is 2.41 bits per heavy atom. The van der Waals surface area contributed by atoms with E-state index in [0.717, 1.165) is 5.56 Å². The zero-order chi connectivity index (χ0) is 13.1. The summed E-state index contributed by atoms with van der Waals surface area (Å²) in [6.45, 7) is 7.96. The Balaban J connectivity index is 2.78. The van der Waals surface area contributed by atoms with Crippen LogP contribution in [0, 0.1) is 12.3 Å². The molecule has 0 bridgehead atoms. The van der Waals surface area contributed by atoms with Crippen LogP contribution in [-0.2, 0) is 4.79 Å². The van der Waals surface area contributed by atoms with Gasteiger partial charge in [-0.1, -0.05) is 26.8 Å². The first-order valence-corrected chi connectivity index (χ1v) is 5.67. The highest BCUT2D eigenvalue weighted by atomic mass is 16.6. The zero-order valence-corrected chi connectivity index (χ0v) is 11.2. The lowest BCUT2D eigenvalue weighted by Crippen LogP contribution is -2.17. The first-order chi connectivity index (χ1) is 7.81. The average Bonchev–Trinajstić information content (AvgIpc) is 2.17. The van der Waals surface area contributed by atoms with Gasteiger partial charge in [-0.3, -0.25) is 4.79 Å². The fourth-order valence-electron chi connectivity index (χ4n) is 1.45. The number of benzene rings is 1. The molecule has 0 aromatic heterocycles. The molecule has 0 heterocycles. The normalized spacial score (nSPS) is 11.1. The van der Waals surface area contributed by atoms with Crippen molar-refractivity contribution < 1.29 is 14.3 Å². The maximum Gasteiger partial charge on any atom is 0.311 e. The minimum Gasteiger partial charge on any atom is -0.493 e. The van der Waals surface area contributed by atoms with Gasteiger partial charge in [0.1, 0.15) is 0 Å². The Hall–Kier alpha value is -1.51. The molecule has 0 aliphatic rings. The predicted molar refractivity (Wildman–Crippen MR) is 67.4 cm³/mol. The van der Waals surface area contributed by atoms with Crippen LogP contribution in [0.25, 0.3) is 0 Å². The molecule has 3 nitrogen and oxygen atoms in total. The molecule has 0 amide bonds. The SMILES string of the molecule is COc1cc(C)ccc1OC(=O)CC(C)(C)C. The summed E-state index contributed by atoms with van der Waals surface area (Å²) in [5.41, 5.74) is 0.993. The number of esters is 1. The van der Waals surface area contributed by atoms with Gasteiger partial charge in [0.25, 0.3) is 0 Å². The van der Waals surface area contributed by atoms with Gasteiger partial charge < -0.3 is 9.47 Å². The summed E-state index contributed by atoms with van der Waals surface area (Å²) in [6, 6.07) is 5.50. The quantitative estimate of drug-likeness (QED) is 0.596. The van der Waals surface area contributed by atoms with E-state index >= 15 is 0 Å². The third kappa shape index (κ3) is 4.47. The molecule has 0 saturated heterocycles. The van der Waals surface area contributed by atoms with Crippen molar-refractivity contribution in [2.45, 2.75) is 34.1 Å². The lowest BCUT2D eigenvalue weighted by Gasteiger charge is -2.17. The molecule has 0 atom stereocenters. The first kappa shape index (κ1) is 13.6. The molecule has 0 radical (unpaired) electrons. The fraction of sp³-hybridized carbons (Fsp3) is 0.500. The second-order valence-electron chi connectivity index (χ2n) is 5.37. The Bertz CT molecular complexity index is 402. The molecular weight excluding hydrogens is 216 g/mol. The molecule has 1 aromatic rings. The van der Waals surface area contributed by atoms with Crippen LogP contribution in [0.2, 0.25) is 0 Å². The van der Waals surface area contributed by atoms with Gasteiger partial charge in [0.05, 0.1) is 13.5 Å². The minimum absolute atomic E-state index is 0.0744. The van der Waals surface area contributed by atoms with Crippen LogP contribution in [0.4, 0.5) is 0 Å². The number of methoxy groups -OCH3 is 1. The monoisotopic (exact) mass is 236 g/mol. The van der Waals surface area contributed by atoms with E-state index in [-0.39, 0.29) is 11.4 Å². The van der Waals surface area contributed by atoms with Crippen molar-refractivity contribution in [2.24, 2.45) is 5.41 Å². The van der Waals surface area contributed by atoms with Crippen molar-refractivity contribution in [3.63, 3.8) is 0 Å². The molecule has 0 spiro atoms. The van der Waals surface area contributed by atoms with Crippen LogP contribution in [0.3, 0.4) is 0 Å². The van der Waals surface area contributed by atoms with Gasteiger partial charge >= 0.3 is 5.97 Å². The maximum atomic E-state index is 11.7. The van der Waals surface area contributed by atoms with Gasteiger partial charge in [0, 0.05) is 0 Å². The highest BCUT2D eigenvalue weighted by Gasteiger charge is 2.18. The Kier molecular flexibility index (Phi) is 4.16. The van der Waals surface area contributed by atoms with E-state index < -0.39 is 0 Å². The molecular formula is C14H20O3. The Morgan fingerprint density at radius 1 is 1.24 bits per heavy atom. The molecule has 94 valence electrons. The van der Waals surface area contributed by atoms with E-state index in [1.807, 2.05) is 39.8 Å². The van der Waals surface area contributed by atoms with E-state index in [4.69, 9.17) is 9.47 Å². The third-order valence-corrected chi connectivity index (χ3v) is 2.22. The Labute approximate surface area is 103 Å². The third-order valence-electron chi connectivity index (χ3n) is 2.22. The summed E-state index contributed by atoms with van der Waals surface area (Å²) < 4.78 is 10.5. The van der Waals surface area contributed by atoms with Gasteiger partial charge in [0.2, 0.25) is 0 Å². The van der Waals surface area contributed by atoms with Gasteiger partial charge in [-0.2, -0.15) is 0 Å². The molecule has 0 aliphatic heterocycles. The highest BCUT2D eigenvalue weighted by molar-refractivity contribution is 5.74. The van der Waals surface area contributed by atoms with Crippen LogP contribution >= 0.6 is 0 Å². The molecule has 17 heavy (non-hydrogen) atoms. The summed E-state index contributed by atoms with van der Waals surface area (Å²) >= 11 is 0. The molecule has 0 saturated carbocycles. The smallest absolute Gasteiger partial charge is 0.311 e. The van der Waals surface area contributed by atoms with Crippen LogP contribution < -0.4 is 9.47 Å². The largest absolute Gasteiger partial charge is 0.493 e. The second kappa shape index (κ2) is 5.21. The van der Waals surface area contributed by atoms with E-state index in [1.54, 1.807) is 13.2 Å². The predicted octanol–water partition coefficient (Wildman–Crippen LogP) is 3.35. The number of aryl methyl sites for hydroxylation is 1. The van der Waals surface area contributed by atoms with Crippen LogP contribution in [0.1, 0.15) is 32.8 Å². The number of carbonyl (C=O) groups excluding carboxylic acids is 1.